The third-order valence-electron chi connectivity index (χ3n) is 4.75. The van der Waals surface area contributed by atoms with Crippen molar-refractivity contribution in [3.05, 3.63) is 0 Å². The molecule has 0 bridgehead atoms. The molecule has 1 aliphatic heterocycles. The smallest absolute Gasteiger partial charge is 0.279 e. The van der Waals surface area contributed by atoms with Crippen LogP contribution in [0.25, 0.3) is 0 Å². The van der Waals surface area contributed by atoms with Gasteiger partial charge in [0, 0.05) is 25.7 Å². The monoisotopic (exact) mass is 317 g/mol. The quantitative estimate of drug-likeness (QED) is 0.638. The molecule has 1 atom stereocenters. The fourth-order valence-electron chi connectivity index (χ4n) is 3.20. The molecule has 1 heterocycles. The van der Waals surface area contributed by atoms with Gasteiger partial charge in [0.05, 0.1) is 0 Å². The molecule has 2 rings (SSSR count). The van der Waals surface area contributed by atoms with Gasteiger partial charge in [0.15, 0.2) is 0 Å². The lowest BCUT2D eigenvalue weighted by Gasteiger charge is -2.35. The van der Waals surface area contributed by atoms with E-state index < -0.39 is 10.2 Å². The molecule has 1 aliphatic carbocycles. The van der Waals surface area contributed by atoms with Gasteiger partial charge in [-0.15, -0.1) is 0 Å². The third-order valence-corrected chi connectivity index (χ3v) is 6.42. The third kappa shape index (κ3) is 5.20. The van der Waals surface area contributed by atoms with Crippen molar-refractivity contribution in [3.63, 3.8) is 0 Å². The zero-order valence-electron chi connectivity index (χ0n) is 13.3. The highest BCUT2D eigenvalue weighted by Crippen LogP contribution is 2.29. The van der Waals surface area contributed by atoms with Gasteiger partial charge in [-0.25, -0.2) is 4.72 Å². The first-order chi connectivity index (χ1) is 10.1. The summed E-state index contributed by atoms with van der Waals surface area (Å²) in [6.45, 7) is 5.12. The maximum absolute atomic E-state index is 12.5. The average molecular weight is 317 g/mol. The topological polar surface area (TPSA) is 61.4 Å². The number of nitrogens with one attached hydrogen (secondary N) is 2. The van der Waals surface area contributed by atoms with E-state index in [0.29, 0.717) is 13.1 Å². The van der Waals surface area contributed by atoms with Crippen LogP contribution in [0.3, 0.4) is 0 Å². The van der Waals surface area contributed by atoms with Gasteiger partial charge in [-0.1, -0.05) is 32.6 Å². The van der Waals surface area contributed by atoms with Crippen molar-refractivity contribution >= 4 is 10.2 Å². The zero-order valence-corrected chi connectivity index (χ0v) is 14.1. The van der Waals surface area contributed by atoms with E-state index in [1.807, 2.05) is 0 Å². The van der Waals surface area contributed by atoms with Crippen molar-refractivity contribution in [1.82, 2.24) is 14.3 Å². The van der Waals surface area contributed by atoms with Gasteiger partial charge in [-0.2, -0.15) is 12.7 Å². The summed E-state index contributed by atoms with van der Waals surface area (Å²) in [5, 5.41) is 3.37. The van der Waals surface area contributed by atoms with E-state index in [4.69, 9.17) is 0 Å². The van der Waals surface area contributed by atoms with E-state index >= 15 is 0 Å². The minimum absolute atomic E-state index is 0.117. The Morgan fingerprint density at radius 3 is 2.57 bits per heavy atom. The van der Waals surface area contributed by atoms with E-state index in [1.54, 1.807) is 4.31 Å². The van der Waals surface area contributed by atoms with Crippen molar-refractivity contribution in [2.24, 2.45) is 5.92 Å². The van der Waals surface area contributed by atoms with Crippen LogP contribution < -0.4 is 10.0 Å². The molecule has 0 radical (unpaired) electrons. The van der Waals surface area contributed by atoms with E-state index in [9.17, 15) is 8.42 Å². The molecular formula is C15H31N3O2S. The Balaban J connectivity index is 1.81. The summed E-state index contributed by atoms with van der Waals surface area (Å²) in [7, 11) is -3.31. The number of hydrogen-bond acceptors (Lipinski definition) is 3. The van der Waals surface area contributed by atoms with Crippen LogP contribution in [0.1, 0.15) is 58.3 Å². The Hall–Kier alpha value is -0.170. The van der Waals surface area contributed by atoms with Gasteiger partial charge in [-0.05, 0) is 38.1 Å². The fraction of sp³-hybridized carbons (Fsp3) is 1.00. The average Bonchev–Trinajstić information content (AvgIpc) is 2.42. The molecule has 2 N–H and O–H groups in total. The highest BCUT2D eigenvalue weighted by Gasteiger charge is 2.31. The predicted octanol–water partition coefficient (Wildman–Crippen LogP) is 1.87. The Labute approximate surface area is 130 Å². The molecule has 2 aliphatic rings. The first kappa shape index (κ1) is 17.2. The van der Waals surface area contributed by atoms with Gasteiger partial charge in [0.2, 0.25) is 0 Å². The Morgan fingerprint density at radius 2 is 1.90 bits per heavy atom. The van der Waals surface area contributed by atoms with Crippen molar-refractivity contribution < 1.29 is 8.42 Å². The van der Waals surface area contributed by atoms with Crippen molar-refractivity contribution in [2.75, 3.05) is 26.2 Å². The molecular weight excluding hydrogens is 286 g/mol. The fourth-order valence-corrected chi connectivity index (χ4v) is 4.68. The van der Waals surface area contributed by atoms with Gasteiger partial charge in [-0.3, -0.25) is 0 Å². The second kappa shape index (κ2) is 8.46. The molecule has 1 saturated carbocycles. The lowest BCUT2D eigenvalue weighted by molar-refractivity contribution is 0.241. The van der Waals surface area contributed by atoms with Crippen LogP contribution in [-0.2, 0) is 10.2 Å². The second-order valence-electron chi connectivity index (χ2n) is 6.45. The summed E-state index contributed by atoms with van der Waals surface area (Å²) in [6, 6.07) is 0.117. The molecule has 0 amide bonds. The maximum atomic E-state index is 12.5. The van der Waals surface area contributed by atoms with Gasteiger partial charge in [0.25, 0.3) is 10.2 Å². The zero-order chi connectivity index (χ0) is 15.1. The van der Waals surface area contributed by atoms with E-state index in [2.05, 4.69) is 17.0 Å². The second-order valence-corrected chi connectivity index (χ2v) is 8.16. The Morgan fingerprint density at radius 1 is 1.10 bits per heavy atom. The minimum atomic E-state index is -3.31. The van der Waals surface area contributed by atoms with E-state index in [0.717, 1.165) is 51.1 Å². The summed E-state index contributed by atoms with van der Waals surface area (Å²) < 4.78 is 29.5. The maximum Gasteiger partial charge on any atom is 0.279 e. The molecule has 6 heteroatoms. The number of rotatable bonds is 9. The standard InChI is InChI=1S/C15H31N3O2S/c1-2-10-16-13-15-8-3-4-12-18(15)21(19,20)17-11-9-14-6-5-7-14/h14-17H,2-13H2,1H3. The van der Waals surface area contributed by atoms with E-state index in [-0.39, 0.29) is 6.04 Å². The highest BCUT2D eigenvalue weighted by atomic mass is 32.2. The molecule has 2 fully saturated rings. The SMILES string of the molecule is CCCNCC1CCCCN1S(=O)(=O)NCCC1CCC1. The van der Waals surface area contributed by atoms with Crippen LogP contribution in [0, 0.1) is 5.92 Å². The largest absolute Gasteiger partial charge is 0.315 e. The summed E-state index contributed by atoms with van der Waals surface area (Å²) in [5.41, 5.74) is 0. The molecule has 0 spiro atoms. The van der Waals surface area contributed by atoms with Gasteiger partial charge >= 0.3 is 0 Å². The molecule has 1 saturated heterocycles. The molecule has 5 nitrogen and oxygen atoms in total. The molecule has 1 unspecified atom stereocenters. The van der Waals surface area contributed by atoms with Crippen LogP contribution in [0.15, 0.2) is 0 Å². The number of piperidine rings is 1. The number of hydrogen-bond donors (Lipinski definition) is 2. The summed E-state index contributed by atoms with van der Waals surface area (Å²) in [5.74, 6) is 0.746. The molecule has 0 aromatic heterocycles. The molecule has 0 aromatic rings. The minimum Gasteiger partial charge on any atom is -0.315 e. The van der Waals surface area contributed by atoms with Crippen molar-refractivity contribution in [2.45, 2.75) is 64.3 Å². The van der Waals surface area contributed by atoms with Crippen LogP contribution >= 0.6 is 0 Å². The van der Waals surface area contributed by atoms with E-state index in [1.165, 1.54) is 19.3 Å². The van der Waals surface area contributed by atoms with Gasteiger partial charge in [0.1, 0.15) is 0 Å². The Kier molecular flexibility index (Phi) is 6.92. The lowest BCUT2D eigenvalue weighted by Crippen LogP contribution is -2.52. The summed E-state index contributed by atoms with van der Waals surface area (Å²) in [4.78, 5) is 0. The van der Waals surface area contributed by atoms with Crippen molar-refractivity contribution in [3.8, 4) is 0 Å². The summed E-state index contributed by atoms with van der Waals surface area (Å²) in [6.07, 6.45) is 9.02. The van der Waals surface area contributed by atoms with Crippen molar-refractivity contribution in [1.29, 1.82) is 0 Å². The Bertz CT molecular complexity index is 396. The van der Waals surface area contributed by atoms with Crippen LogP contribution in [0.4, 0.5) is 0 Å². The lowest BCUT2D eigenvalue weighted by atomic mass is 9.83. The highest BCUT2D eigenvalue weighted by molar-refractivity contribution is 7.87. The molecule has 21 heavy (non-hydrogen) atoms. The molecule has 124 valence electrons. The first-order valence-electron chi connectivity index (χ1n) is 8.60. The summed E-state index contributed by atoms with van der Waals surface area (Å²) >= 11 is 0. The first-order valence-corrected chi connectivity index (χ1v) is 10.0. The van der Waals surface area contributed by atoms with Crippen LogP contribution in [-0.4, -0.2) is 44.9 Å². The normalized spacial score (nSPS) is 24.9. The number of nitrogens with zero attached hydrogens (tertiary/aromatic N) is 1. The van der Waals surface area contributed by atoms with Crippen LogP contribution in [0.5, 0.6) is 0 Å². The molecule has 0 aromatic carbocycles. The van der Waals surface area contributed by atoms with Gasteiger partial charge < -0.3 is 5.32 Å². The van der Waals surface area contributed by atoms with Crippen LogP contribution in [0.2, 0.25) is 0 Å². The predicted molar refractivity (Wildman–Crippen MR) is 86.4 cm³/mol.